The van der Waals surface area contributed by atoms with Crippen LogP contribution in [0.2, 0.25) is 0 Å². The Morgan fingerprint density at radius 1 is 1.38 bits per heavy atom. The predicted molar refractivity (Wildman–Crippen MR) is 101 cm³/mol. The summed E-state index contributed by atoms with van der Waals surface area (Å²) < 4.78 is 5.75. The number of carbonyl (C=O) groups is 1. The Morgan fingerprint density at radius 2 is 2.17 bits per heavy atom. The molecule has 1 unspecified atom stereocenters. The van der Waals surface area contributed by atoms with Crippen LogP contribution in [0.4, 0.5) is 0 Å². The second-order valence-electron chi connectivity index (χ2n) is 7.37. The van der Waals surface area contributed by atoms with E-state index in [4.69, 9.17) is 4.74 Å². The summed E-state index contributed by atoms with van der Waals surface area (Å²) in [5.41, 5.74) is 1.37. The fraction of sp³-hybridized carbons (Fsp3) is 0.632. The molecule has 1 aliphatic rings. The first kappa shape index (κ1) is 20.8. The maximum absolute atomic E-state index is 11.8. The first-order valence-corrected chi connectivity index (χ1v) is 8.66. The maximum Gasteiger partial charge on any atom is 0.220 e. The van der Waals surface area contributed by atoms with Crippen molar-refractivity contribution >= 4 is 18.3 Å². The average molecular weight is 355 g/mol. The summed E-state index contributed by atoms with van der Waals surface area (Å²) in [6.07, 6.45) is 2.79. The summed E-state index contributed by atoms with van der Waals surface area (Å²) >= 11 is 0. The van der Waals surface area contributed by atoms with Gasteiger partial charge in [-0.3, -0.25) is 4.79 Å². The van der Waals surface area contributed by atoms with E-state index in [1.54, 1.807) is 0 Å². The van der Waals surface area contributed by atoms with Gasteiger partial charge in [0.15, 0.2) is 0 Å². The molecule has 4 nitrogen and oxygen atoms in total. The molecule has 1 heterocycles. The molecular weight excluding hydrogens is 324 g/mol. The normalized spacial score (nSPS) is 17.2. The molecular formula is C19H31ClN2O2. The van der Waals surface area contributed by atoms with E-state index >= 15 is 0 Å². The first-order chi connectivity index (χ1) is 10.9. The molecule has 136 valence electrons. The molecule has 0 bridgehead atoms. The van der Waals surface area contributed by atoms with Gasteiger partial charge in [-0.1, -0.05) is 32.9 Å². The fourth-order valence-corrected chi connectivity index (χ4v) is 2.80. The van der Waals surface area contributed by atoms with Crippen molar-refractivity contribution < 1.29 is 9.53 Å². The minimum absolute atomic E-state index is 0. The van der Waals surface area contributed by atoms with E-state index in [0.717, 1.165) is 25.3 Å². The average Bonchev–Trinajstić information content (AvgIpc) is 3.02. The van der Waals surface area contributed by atoms with Gasteiger partial charge in [0, 0.05) is 6.42 Å². The number of nitrogens with one attached hydrogen (secondary N) is 2. The van der Waals surface area contributed by atoms with Crippen LogP contribution in [0.15, 0.2) is 24.3 Å². The van der Waals surface area contributed by atoms with Crippen molar-refractivity contribution in [2.45, 2.75) is 45.4 Å². The van der Waals surface area contributed by atoms with Crippen LogP contribution < -0.4 is 15.4 Å². The first-order valence-electron chi connectivity index (χ1n) is 8.66. The second kappa shape index (κ2) is 9.90. The lowest BCUT2D eigenvalue weighted by Gasteiger charge is -2.19. The molecule has 1 fully saturated rings. The Labute approximate surface area is 152 Å². The van der Waals surface area contributed by atoms with E-state index in [1.165, 1.54) is 12.0 Å². The van der Waals surface area contributed by atoms with E-state index < -0.39 is 0 Å². The van der Waals surface area contributed by atoms with Gasteiger partial charge in [-0.15, -0.1) is 12.4 Å². The molecule has 1 aromatic carbocycles. The quantitative estimate of drug-likeness (QED) is 0.739. The van der Waals surface area contributed by atoms with Crippen LogP contribution in [0, 0.1) is 5.92 Å². The number of amides is 1. The lowest BCUT2D eigenvalue weighted by molar-refractivity contribution is -0.121. The highest BCUT2D eigenvalue weighted by Gasteiger charge is 2.16. The van der Waals surface area contributed by atoms with Crippen molar-refractivity contribution in [2.24, 2.45) is 5.92 Å². The van der Waals surface area contributed by atoms with Gasteiger partial charge in [0.05, 0.1) is 6.54 Å². The molecule has 1 aliphatic heterocycles. The molecule has 0 radical (unpaired) electrons. The van der Waals surface area contributed by atoms with Gasteiger partial charge >= 0.3 is 0 Å². The summed E-state index contributed by atoms with van der Waals surface area (Å²) in [6, 6.07) is 8.18. The van der Waals surface area contributed by atoms with Crippen molar-refractivity contribution in [3.8, 4) is 5.75 Å². The molecule has 0 saturated carbocycles. The van der Waals surface area contributed by atoms with Gasteiger partial charge in [0.2, 0.25) is 5.91 Å². The lowest BCUT2D eigenvalue weighted by atomic mass is 9.87. The monoisotopic (exact) mass is 354 g/mol. The minimum atomic E-state index is 0. The van der Waals surface area contributed by atoms with Crippen LogP contribution in [-0.2, 0) is 10.2 Å². The third kappa shape index (κ3) is 7.10. The van der Waals surface area contributed by atoms with E-state index in [1.807, 2.05) is 12.1 Å². The molecule has 0 spiro atoms. The molecule has 2 N–H and O–H groups in total. The number of carbonyl (C=O) groups excluding carboxylic acids is 1. The molecule has 0 aliphatic carbocycles. The van der Waals surface area contributed by atoms with Crippen LogP contribution in [0.1, 0.15) is 45.6 Å². The number of benzene rings is 1. The highest BCUT2D eigenvalue weighted by atomic mass is 35.5. The minimum Gasteiger partial charge on any atom is -0.492 e. The third-order valence-corrected chi connectivity index (χ3v) is 4.34. The van der Waals surface area contributed by atoms with Crippen molar-refractivity contribution in [1.82, 2.24) is 10.6 Å². The highest BCUT2D eigenvalue weighted by molar-refractivity contribution is 5.85. The zero-order valence-corrected chi connectivity index (χ0v) is 15.9. The second-order valence-corrected chi connectivity index (χ2v) is 7.37. The van der Waals surface area contributed by atoms with Crippen molar-refractivity contribution in [3.63, 3.8) is 0 Å². The van der Waals surface area contributed by atoms with Crippen LogP contribution in [-0.4, -0.2) is 32.1 Å². The summed E-state index contributed by atoms with van der Waals surface area (Å²) in [6.45, 7) is 9.77. The highest BCUT2D eigenvalue weighted by Crippen LogP contribution is 2.25. The SMILES string of the molecule is CC(C)(C)c1cccc(OCCNC(=O)CCC2CCNC2)c1.Cl. The topological polar surface area (TPSA) is 50.4 Å². The van der Waals surface area contributed by atoms with Gasteiger partial charge in [-0.25, -0.2) is 0 Å². The molecule has 1 aromatic rings. The Morgan fingerprint density at radius 3 is 2.83 bits per heavy atom. The third-order valence-electron chi connectivity index (χ3n) is 4.34. The van der Waals surface area contributed by atoms with E-state index in [0.29, 0.717) is 25.5 Å². The largest absolute Gasteiger partial charge is 0.492 e. The van der Waals surface area contributed by atoms with Gasteiger partial charge in [-0.2, -0.15) is 0 Å². The summed E-state index contributed by atoms with van der Waals surface area (Å²) in [5, 5.41) is 6.27. The molecule has 2 rings (SSSR count). The zero-order valence-electron chi connectivity index (χ0n) is 15.1. The maximum atomic E-state index is 11.8. The number of rotatable bonds is 7. The Kier molecular flexibility index (Phi) is 8.57. The number of halogens is 1. The number of ether oxygens (including phenoxy) is 1. The van der Waals surface area contributed by atoms with Gasteiger partial charge in [0.25, 0.3) is 0 Å². The molecule has 1 saturated heterocycles. The predicted octanol–water partition coefficient (Wildman–Crippen LogP) is 3.29. The van der Waals surface area contributed by atoms with Crippen molar-refractivity contribution in [1.29, 1.82) is 0 Å². The zero-order chi connectivity index (χ0) is 16.7. The van der Waals surface area contributed by atoms with Crippen molar-refractivity contribution in [2.75, 3.05) is 26.2 Å². The summed E-state index contributed by atoms with van der Waals surface area (Å²) in [7, 11) is 0. The summed E-state index contributed by atoms with van der Waals surface area (Å²) in [5.74, 6) is 1.66. The Hall–Kier alpha value is -1.26. The van der Waals surface area contributed by atoms with Crippen molar-refractivity contribution in [3.05, 3.63) is 29.8 Å². The van der Waals surface area contributed by atoms with Crippen LogP contribution >= 0.6 is 12.4 Å². The van der Waals surface area contributed by atoms with Crippen LogP contribution in [0.25, 0.3) is 0 Å². The van der Waals surface area contributed by atoms with E-state index in [2.05, 4.69) is 43.5 Å². The standard InChI is InChI=1S/C19H30N2O2.ClH/c1-19(2,3)16-5-4-6-17(13-16)23-12-11-21-18(22)8-7-15-9-10-20-14-15;/h4-6,13,15,20H,7-12,14H2,1-3H3,(H,21,22);1H. The number of hydrogen-bond donors (Lipinski definition) is 2. The molecule has 1 atom stereocenters. The molecule has 1 amide bonds. The van der Waals surface area contributed by atoms with Crippen LogP contribution in [0.5, 0.6) is 5.75 Å². The molecule has 24 heavy (non-hydrogen) atoms. The van der Waals surface area contributed by atoms with Crippen LogP contribution in [0.3, 0.4) is 0 Å². The number of hydrogen-bond acceptors (Lipinski definition) is 3. The lowest BCUT2D eigenvalue weighted by Crippen LogP contribution is -2.28. The molecule has 5 heteroatoms. The van der Waals surface area contributed by atoms with E-state index in [9.17, 15) is 4.79 Å². The summed E-state index contributed by atoms with van der Waals surface area (Å²) in [4.78, 5) is 11.8. The van der Waals surface area contributed by atoms with Gasteiger partial charge in [0.1, 0.15) is 12.4 Å². The fourth-order valence-electron chi connectivity index (χ4n) is 2.80. The van der Waals surface area contributed by atoms with Gasteiger partial charge in [-0.05, 0) is 55.0 Å². The Bertz CT molecular complexity index is 508. The van der Waals surface area contributed by atoms with E-state index in [-0.39, 0.29) is 23.7 Å². The van der Waals surface area contributed by atoms with Gasteiger partial charge < -0.3 is 15.4 Å². The smallest absolute Gasteiger partial charge is 0.220 e. The molecule has 0 aromatic heterocycles. The Balaban J connectivity index is 0.00000288.